The molecule has 1 atom stereocenters. The molecule has 0 fully saturated rings. The second-order valence-corrected chi connectivity index (χ2v) is 8.05. The van der Waals surface area contributed by atoms with Crippen molar-refractivity contribution in [2.45, 2.75) is 46.3 Å². The summed E-state index contributed by atoms with van der Waals surface area (Å²) in [6.45, 7) is 2.26. The van der Waals surface area contributed by atoms with Crippen LogP contribution < -0.4 is 10.5 Å². The summed E-state index contributed by atoms with van der Waals surface area (Å²) < 4.78 is 37.8. The quantitative estimate of drug-likeness (QED) is 0.515. The smallest absolute Gasteiger partial charge is 0.387 e. The van der Waals surface area contributed by atoms with Gasteiger partial charge in [-0.3, -0.25) is 0 Å². The van der Waals surface area contributed by atoms with Gasteiger partial charge in [0, 0.05) is 29.1 Å². The van der Waals surface area contributed by atoms with E-state index in [-0.39, 0.29) is 23.8 Å². The van der Waals surface area contributed by atoms with Gasteiger partial charge in [0.25, 0.3) is 0 Å². The summed E-state index contributed by atoms with van der Waals surface area (Å²) in [5.74, 6) is 0.0787. The van der Waals surface area contributed by atoms with Gasteiger partial charge >= 0.3 is 6.61 Å². The van der Waals surface area contributed by atoms with Crippen LogP contribution in [0.15, 0.2) is 54.6 Å². The molecule has 1 unspecified atom stereocenters. The topological polar surface area (TPSA) is 69.6 Å². The number of alkyl halides is 2. The van der Waals surface area contributed by atoms with Crippen LogP contribution >= 0.6 is 0 Å². The molecule has 3 aromatic rings. The number of hydrogen-bond acceptors (Lipinski definition) is 4. The van der Waals surface area contributed by atoms with Gasteiger partial charge in [-0.2, -0.15) is 8.78 Å². The molecular weight excluding hydrogens is 390 g/mol. The van der Waals surface area contributed by atoms with Gasteiger partial charge in [0.1, 0.15) is 5.75 Å². The van der Waals surface area contributed by atoms with Crippen molar-refractivity contribution in [1.29, 1.82) is 0 Å². The Morgan fingerprint density at radius 1 is 1.10 bits per heavy atom. The van der Waals surface area contributed by atoms with E-state index >= 15 is 0 Å². The van der Waals surface area contributed by atoms with E-state index in [0.717, 1.165) is 5.56 Å². The van der Waals surface area contributed by atoms with Crippen molar-refractivity contribution in [2.24, 2.45) is 11.1 Å². The summed E-state index contributed by atoms with van der Waals surface area (Å²) in [6.07, 6.45) is 0. The van der Waals surface area contributed by atoms with Crippen LogP contribution in [-0.4, -0.2) is 28.9 Å². The molecular formula is C23H28F2N2O3. The lowest BCUT2D eigenvalue weighted by atomic mass is 9.85. The Morgan fingerprint density at radius 3 is 2.50 bits per heavy atom. The van der Waals surface area contributed by atoms with Gasteiger partial charge in [0.2, 0.25) is 0 Å². The number of halogens is 2. The lowest BCUT2D eigenvalue weighted by Crippen LogP contribution is -2.43. The number of aliphatic hydroxyl groups is 1. The molecule has 30 heavy (non-hydrogen) atoms. The SMILES string of the molecule is CC(C)(COCc1ccccc1)C(N)Cn1c(CO)cc2c(OC(F)F)cccc21. The summed E-state index contributed by atoms with van der Waals surface area (Å²) in [4.78, 5) is 0. The molecule has 1 heterocycles. The fourth-order valence-corrected chi connectivity index (χ4v) is 3.41. The average molecular weight is 418 g/mol. The van der Waals surface area contributed by atoms with Crippen LogP contribution in [0, 0.1) is 5.41 Å². The predicted octanol–water partition coefficient (Wildman–Crippen LogP) is 4.31. The third kappa shape index (κ3) is 5.16. The fraction of sp³-hybridized carbons (Fsp3) is 0.391. The Bertz CT molecular complexity index is 958. The summed E-state index contributed by atoms with van der Waals surface area (Å²) in [7, 11) is 0. The molecule has 0 spiro atoms. The van der Waals surface area contributed by atoms with Crippen molar-refractivity contribution in [1.82, 2.24) is 4.57 Å². The number of aromatic nitrogens is 1. The normalized spacial score (nSPS) is 13.2. The number of fused-ring (bicyclic) bond motifs is 1. The summed E-state index contributed by atoms with van der Waals surface area (Å²) in [5.41, 5.74) is 8.54. The van der Waals surface area contributed by atoms with E-state index < -0.39 is 6.61 Å². The van der Waals surface area contributed by atoms with E-state index in [4.69, 9.17) is 10.5 Å². The number of hydrogen-bond donors (Lipinski definition) is 2. The first-order valence-corrected chi connectivity index (χ1v) is 9.86. The zero-order chi connectivity index (χ0) is 21.7. The number of nitrogens with two attached hydrogens (primary N) is 1. The van der Waals surface area contributed by atoms with Gasteiger partial charge < -0.3 is 24.9 Å². The largest absolute Gasteiger partial charge is 0.434 e. The van der Waals surface area contributed by atoms with Crippen LogP contribution in [0.3, 0.4) is 0 Å². The van der Waals surface area contributed by atoms with E-state index in [9.17, 15) is 13.9 Å². The third-order valence-electron chi connectivity index (χ3n) is 5.34. The van der Waals surface area contributed by atoms with Gasteiger partial charge in [-0.25, -0.2) is 0 Å². The predicted molar refractivity (Wildman–Crippen MR) is 112 cm³/mol. The van der Waals surface area contributed by atoms with Crippen molar-refractivity contribution in [3.63, 3.8) is 0 Å². The third-order valence-corrected chi connectivity index (χ3v) is 5.34. The molecule has 0 aliphatic carbocycles. The molecule has 1 aromatic heterocycles. The van der Waals surface area contributed by atoms with E-state index in [1.807, 2.05) is 48.7 Å². The second-order valence-electron chi connectivity index (χ2n) is 8.05. The molecule has 162 valence electrons. The van der Waals surface area contributed by atoms with Crippen molar-refractivity contribution >= 4 is 10.9 Å². The van der Waals surface area contributed by atoms with Gasteiger partial charge in [-0.15, -0.1) is 0 Å². The molecule has 0 bridgehead atoms. The number of ether oxygens (including phenoxy) is 2. The molecule has 0 amide bonds. The molecule has 0 aliphatic rings. The monoisotopic (exact) mass is 418 g/mol. The van der Waals surface area contributed by atoms with E-state index in [1.54, 1.807) is 18.2 Å². The Hall–Kier alpha value is -2.48. The van der Waals surface area contributed by atoms with Crippen LogP contribution in [0.2, 0.25) is 0 Å². The molecule has 0 saturated carbocycles. The Labute approximate surface area is 175 Å². The maximum absolute atomic E-state index is 12.7. The summed E-state index contributed by atoms with van der Waals surface area (Å²) in [5, 5.41) is 10.3. The highest BCUT2D eigenvalue weighted by Gasteiger charge is 2.28. The molecule has 0 aliphatic heterocycles. The van der Waals surface area contributed by atoms with Crippen LogP contribution in [0.25, 0.3) is 10.9 Å². The molecule has 2 aromatic carbocycles. The second kappa shape index (κ2) is 9.55. The molecule has 3 rings (SSSR count). The first-order chi connectivity index (χ1) is 14.3. The van der Waals surface area contributed by atoms with Gasteiger partial charge in [-0.1, -0.05) is 50.2 Å². The van der Waals surface area contributed by atoms with Gasteiger partial charge in [-0.05, 0) is 23.8 Å². The zero-order valence-corrected chi connectivity index (χ0v) is 17.2. The number of nitrogens with zero attached hydrogens (tertiary/aromatic N) is 1. The van der Waals surface area contributed by atoms with E-state index in [1.165, 1.54) is 6.07 Å². The Balaban J connectivity index is 1.75. The van der Waals surface area contributed by atoms with Gasteiger partial charge in [0.15, 0.2) is 0 Å². The van der Waals surface area contributed by atoms with Crippen molar-refractivity contribution in [3.05, 3.63) is 65.9 Å². The summed E-state index contributed by atoms with van der Waals surface area (Å²) in [6, 6.07) is 16.2. The molecule has 3 N–H and O–H groups in total. The molecule has 7 heteroatoms. The number of aliphatic hydroxyl groups excluding tert-OH is 1. The fourth-order valence-electron chi connectivity index (χ4n) is 3.41. The maximum atomic E-state index is 12.7. The minimum Gasteiger partial charge on any atom is -0.434 e. The standard InChI is InChI=1S/C23H28F2N2O3/c1-23(2,15-29-14-16-7-4-3-5-8-16)21(26)12-27-17(13-28)11-18-19(27)9-6-10-20(18)30-22(24)25/h3-11,21-22,28H,12-15,26H2,1-2H3. The van der Waals surface area contributed by atoms with Crippen molar-refractivity contribution in [3.8, 4) is 5.75 Å². The Kier molecular flexibility index (Phi) is 7.07. The minimum atomic E-state index is -2.92. The first-order valence-electron chi connectivity index (χ1n) is 9.86. The lowest BCUT2D eigenvalue weighted by Gasteiger charge is -2.32. The number of benzene rings is 2. The average Bonchev–Trinajstić information content (AvgIpc) is 3.07. The summed E-state index contributed by atoms with van der Waals surface area (Å²) >= 11 is 0. The molecule has 0 saturated heterocycles. The van der Waals surface area contributed by atoms with Crippen molar-refractivity contribution < 1.29 is 23.4 Å². The van der Waals surface area contributed by atoms with Crippen LogP contribution in [0.5, 0.6) is 5.75 Å². The highest BCUT2D eigenvalue weighted by molar-refractivity contribution is 5.87. The number of rotatable bonds is 10. The van der Waals surface area contributed by atoms with Gasteiger partial charge in [0.05, 0.1) is 25.3 Å². The first kappa shape index (κ1) is 22.2. The van der Waals surface area contributed by atoms with Crippen LogP contribution in [0.4, 0.5) is 8.78 Å². The molecule has 5 nitrogen and oxygen atoms in total. The molecule has 0 radical (unpaired) electrons. The van der Waals surface area contributed by atoms with Crippen LogP contribution in [-0.2, 0) is 24.5 Å². The maximum Gasteiger partial charge on any atom is 0.387 e. The highest BCUT2D eigenvalue weighted by Crippen LogP contribution is 2.32. The minimum absolute atomic E-state index is 0.0787. The van der Waals surface area contributed by atoms with E-state index in [0.29, 0.717) is 36.4 Å². The zero-order valence-electron chi connectivity index (χ0n) is 17.2. The highest BCUT2D eigenvalue weighted by atomic mass is 19.3. The Morgan fingerprint density at radius 2 is 1.83 bits per heavy atom. The van der Waals surface area contributed by atoms with Crippen molar-refractivity contribution in [2.75, 3.05) is 6.61 Å². The van der Waals surface area contributed by atoms with Crippen LogP contribution in [0.1, 0.15) is 25.1 Å². The lowest BCUT2D eigenvalue weighted by molar-refractivity contribution is -0.0487. The van der Waals surface area contributed by atoms with E-state index in [2.05, 4.69) is 4.74 Å².